The van der Waals surface area contributed by atoms with Crippen molar-refractivity contribution in [2.45, 2.75) is 18.8 Å². The van der Waals surface area contributed by atoms with E-state index in [1.165, 1.54) is 25.0 Å². The van der Waals surface area contributed by atoms with Crippen LogP contribution in [0.25, 0.3) is 21.5 Å². The van der Waals surface area contributed by atoms with Gasteiger partial charge in [-0.25, -0.2) is 14.4 Å². The highest BCUT2D eigenvalue weighted by molar-refractivity contribution is 9.10. The first-order chi connectivity index (χ1) is 9.74. The Morgan fingerprint density at radius 1 is 1.20 bits per heavy atom. The normalized spacial score (nSPS) is 14.9. The van der Waals surface area contributed by atoms with Crippen LogP contribution in [0.3, 0.4) is 0 Å². The van der Waals surface area contributed by atoms with E-state index in [9.17, 15) is 4.39 Å². The van der Waals surface area contributed by atoms with Gasteiger partial charge in [0.15, 0.2) is 0 Å². The molecule has 0 bridgehead atoms. The lowest BCUT2D eigenvalue weighted by Gasteiger charge is -2.10. The molecule has 0 spiro atoms. The minimum atomic E-state index is -0.226. The number of fused-ring (bicyclic) bond motifs is 1. The second-order valence-corrected chi connectivity index (χ2v) is 6.60. The maximum Gasteiger partial charge on any atom is 0.144 e. The molecule has 0 N–H and O–H groups in total. The fourth-order valence-corrected chi connectivity index (χ4v) is 3.89. The Bertz CT molecular complexity index is 793. The number of rotatable bonds is 2. The molecule has 4 rings (SSSR count). The Morgan fingerprint density at radius 2 is 1.95 bits per heavy atom. The van der Waals surface area contributed by atoms with E-state index in [0.717, 1.165) is 31.6 Å². The van der Waals surface area contributed by atoms with Crippen molar-refractivity contribution in [3.63, 3.8) is 0 Å². The van der Waals surface area contributed by atoms with E-state index in [4.69, 9.17) is 4.98 Å². The molecule has 100 valence electrons. The van der Waals surface area contributed by atoms with E-state index in [-0.39, 0.29) is 5.82 Å². The van der Waals surface area contributed by atoms with E-state index in [1.807, 2.05) is 5.51 Å². The molecule has 2 heterocycles. The van der Waals surface area contributed by atoms with Gasteiger partial charge in [0.05, 0.1) is 11.2 Å². The first kappa shape index (κ1) is 12.4. The van der Waals surface area contributed by atoms with Crippen LogP contribution in [0.1, 0.15) is 24.5 Å². The van der Waals surface area contributed by atoms with Crippen molar-refractivity contribution in [3.05, 3.63) is 45.8 Å². The van der Waals surface area contributed by atoms with Crippen LogP contribution >= 0.6 is 27.3 Å². The van der Waals surface area contributed by atoms with E-state index >= 15 is 0 Å². The third-order valence-electron chi connectivity index (χ3n) is 3.55. The number of benzene rings is 1. The van der Waals surface area contributed by atoms with Crippen molar-refractivity contribution in [2.75, 3.05) is 0 Å². The number of halogens is 2. The minimum Gasteiger partial charge on any atom is -0.242 e. The average Bonchev–Trinajstić information content (AvgIpc) is 3.18. The van der Waals surface area contributed by atoms with Gasteiger partial charge in [-0.15, -0.1) is 11.3 Å². The van der Waals surface area contributed by atoms with Gasteiger partial charge in [-0.1, -0.05) is 12.1 Å². The van der Waals surface area contributed by atoms with Gasteiger partial charge < -0.3 is 0 Å². The first-order valence-corrected chi connectivity index (χ1v) is 8.10. The van der Waals surface area contributed by atoms with E-state index in [2.05, 4.69) is 20.9 Å². The number of hydrogen-bond acceptors (Lipinski definition) is 3. The predicted octanol–water partition coefficient (Wildman–Crippen LogP) is 5.14. The summed E-state index contributed by atoms with van der Waals surface area (Å²) >= 11 is 5.24. The van der Waals surface area contributed by atoms with E-state index < -0.39 is 0 Å². The van der Waals surface area contributed by atoms with Crippen LogP contribution in [-0.2, 0) is 0 Å². The molecule has 1 fully saturated rings. The molecule has 0 unspecified atom stereocenters. The molecule has 2 aromatic heterocycles. The molecule has 0 radical (unpaired) electrons. The van der Waals surface area contributed by atoms with E-state index in [1.54, 1.807) is 23.5 Å². The summed E-state index contributed by atoms with van der Waals surface area (Å²) < 4.78 is 14.1. The summed E-state index contributed by atoms with van der Waals surface area (Å²) in [7, 11) is 0. The maximum absolute atomic E-state index is 13.1. The Balaban J connectivity index is 2.02. The van der Waals surface area contributed by atoms with Gasteiger partial charge >= 0.3 is 0 Å². The third kappa shape index (κ3) is 1.96. The van der Waals surface area contributed by atoms with Crippen molar-refractivity contribution < 1.29 is 4.39 Å². The lowest BCUT2D eigenvalue weighted by atomic mass is 10.0. The smallest absolute Gasteiger partial charge is 0.144 e. The Kier molecular flexibility index (Phi) is 2.86. The minimum absolute atomic E-state index is 0.226. The quantitative estimate of drug-likeness (QED) is 0.640. The van der Waals surface area contributed by atoms with Gasteiger partial charge in [0.1, 0.15) is 16.2 Å². The van der Waals surface area contributed by atoms with Crippen LogP contribution < -0.4 is 0 Å². The van der Waals surface area contributed by atoms with Crippen LogP contribution in [0.5, 0.6) is 0 Å². The van der Waals surface area contributed by atoms with Crippen molar-refractivity contribution >= 4 is 37.6 Å². The zero-order valence-electron chi connectivity index (χ0n) is 10.4. The predicted molar refractivity (Wildman–Crippen MR) is 82.5 cm³/mol. The summed E-state index contributed by atoms with van der Waals surface area (Å²) in [4.78, 5) is 10.1. The highest BCUT2D eigenvalue weighted by Crippen LogP contribution is 2.47. The number of pyridine rings is 1. The van der Waals surface area contributed by atoms with Crippen molar-refractivity contribution in [1.29, 1.82) is 0 Å². The molecular weight excluding hydrogens is 339 g/mol. The lowest BCUT2D eigenvalue weighted by molar-refractivity contribution is 0.628. The molecule has 0 atom stereocenters. The number of aromatic nitrogens is 2. The molecular formula is C15H10BrFN2S. The van der Waals surface area contributed by atoms with Crippen LogP contribution in [0.15, 0.2) is 34.2 Å². The monoisotopic (exact) mass is 348 g/mol. The standard InChI is InChI=1S/C15H10BrFN2S/c16-12-11(8-3-5-10(17)6-4-8)14-15(20-7-18-14)19-13(12)9-1-2-9/h3-7,9H,1-2H2. The topological polar surface area (TPSA) is 25.8 Å². The summed E-state index contributed by atoms with van der Waals surface area (Å²) in [5.41, 5.74) is 5.81. The lowest BCUT2D eigenvalue weighted by Crippen LogP contribution is -1.93. The molecule has 0 amide bonds. The summed E-state index contributed by atoms with van der Waals surface area (Å²) in [5.74, 6) is 0.325. The zero-order chi connectivity index (χ0) is 13.7. The van der Waals surface area contributed by atoms with Gasteiger partial charge in [0.25, 0.3) is 0 Å². The molecule has 5 heteroatoms. The molecule has 0 aliphatic heterocycles. The summed E-state index contributed by atoms with van der Waals surface area (Å²) in [6.45, 7) is 0. The highest BCUT2D eigenvalue weighted by Gasteiger charge is 2.30. The fraction of sp³-hybridized carbons (Fsp3) is 0.200. The molecule has 3 aromatic rings. The Morgan fingerprint density at radius 3 is 2.65 bits per heavy atom. The zero-order valence-corrected chi connectivity index (χ0v) is 12.8. The summed E-state index contributed by atoms with van der Waals surface area (Å²) in [6.07, 6.45) is 2.39. The van der Waals surface area contributed by atoms with Gasteiger partial charge in [0.2, 0.25) is 0 Å². The molecule has 1 aromatic carbocycles. The van der Waals surface area contributed by atoms with E-state index in [0.29, 0.717) is 5.92 Å². The molecule has 20 heavy (non-hydrogen) atoms. The molecule has 1 aliphatic carbocycles. The van der Waals surface area contributed by atoms with Crippen molar-refractivity contribution in [3.8, 4) is 11.1 Å². The molecule has 0 saturated heterocycles. The highest BCUT2D eigenvalue weighted by atomic mass is 79.9. The van der Waals surface area contributed by atoms with Gasteiger partial charge in [0, 0.05) is 16.0 Å². The summed E-state index contributed by atoms with van der Waals surface area (Å²) in [5, 5.41) is 0. The number of thiazole rings is 1. The molecule has 1 saturated carbocycles. The maximum atomic E-state index is 13.1. The Labute approximate surface area is 127 Å². The number of nitrogens with zero attached hydrogens (tertiary/aromatic N) is 2. The van der Waals surface area contributed by atoms with Crippen LogP contribution in [0.4, 0.5) is 4.39 Å². The number of hydrogen-bond donors (Lipinski definition) is 0. The van der Waals surface area contributed by atoms with Crippen LogP contribution in [0, 0.1) is 5.82 Å². The van der Waals surface area contributed by atoms with Crippen molar-refractivity contribution in [1.82, 2.24) is 9.97 Å². The fourth-order valence-electron chi connectivity index (χ4n) is 2.39. The molecule has 2 nitrogen and oxygen atoms in total. The third-order valence-corrected chi connectivity index (χ3v) is 5.07. The largest absolute Gasteiger partial charge is 0.242 e. The van der Waals surface area contributed by atoms with Gasteiger partial charge in [-0.2, -0.15) is 0 Å². The SMILES string of the molecule is Fc1ccc(-c2c(Br)c(C3CC3)nc3scnc23)cc1. The van der Waals surface area contributed by atoms with Crippen LogP contribution in [-0.4, -0.2) is 9.97 Å². The molecule has 1 aliphatic rings. The second kappa shape index (κ2) is 4.60. The summed E-state index contributed by atoms with van der Waals surface area (Å²) in [6, 6.07) is 6.56. The van der Waals surface area contributed by atoms with Crippen molar-refractivity contribution in [2.24, 2.45) is 0 Å². The van der Waals surface area contributed by atoms with Crippen LogP contribution in [0.2, 0.25) is 0 Å². The van der Waals surface area contributed by atoms with Gasteiger partial charge in [-0.05, 0) is 46.5 Å². The second-order valence-electron chi connectivity index (χ2n) is 4.97. The van der Waals surface area contributed by atoms with Gasteiger partial charge in [-0.3, -0.25) is 0 Å². The first-order valence-electron chi connectivity index (χ1n) is 6.42. The average molecular weight is 349 g/mol. The Hall–Kier alpha value is -1.33.